The van der Waals surface area contributed by atoms with Crippen molar-refractivity contribution in [2.75, 3.05) is 24.6 Å². The average Bonchev–Trinajstić information content (AvgIpc) is 3.48. The van der Waals surface area contributed by atoms with E-state index in [9.17, 15) is 57.8 Å². The predicted molar refractivity (Wildman–Crippen MR) is 335 cm³/mol. The first-order valence-electron chi connectivity index (χ1n) is 29.2. The summed E-state index contributed by atoms with van der Waals surface area (Å²) in [5.41, 5.74) is 29.4. The molecular formula is C62H78N12O13S2. The van der Waals surface area contributed by atoms with Crippen molar-refractivity contribution < 1.29 is 62.6 Å². The molecule has 0 aliphatic carbocycles. The van der Waals surface area contributed by atoms with Gasteiger partial charge in [0.05, 0.1) is 18.0 Å². The molecule has 2 aliphatic heterocycles. The molecule has 6 unspecified atom stereocenters. The van der Waals surface area contributed by atoms with Crippen molar-refractivity contribution in [1.29, 1.82) is 0 Å². The molecule has 9 atom stereocenters. The number of nitrogens with zero attached hydrogens (tertiary/aromatic N) is 2. The van der Waals surface area contributed by atoms with Crippen LogP contribution in [0.2, 0.25) is 0 Å². The topological polar surface area (TPSA) is 423 Å². The Morgan fingerprint density at radius 1 is 0.607 bits per heavy atom. The van der Waals surface area contributed by atoms with Gasteiger partial charge in [0.15, 0.2) is 17.5 Å². The van der Waals surface area contributed by atoms with Crippen molar-refractivity contribution in [3.05, 3.63) is 126 Å². The number of guanidine groups is 1. The Morgan fingerprint density at radius 2 is 1.18 bits per heavy atom. The van der Waals surface area contributed by atoms with E-state index in [0.717, 1.165) is 5.56 Å². The lowest BCUT2D eigenvalue weighted by molar-refractivity contribution is -0.142. The third kappa shape index (κ3) is 22.3. The fraction of sp³-hybridized carbons (Fsp3) is 0.419. The van der Waals surface area contributed by atoms with Gasteiger partial charge < -0.3 is 70.0 Å². The number of primary amides is 3. The van der Waals surface area contributed by atoms with Crippen LogP contribution in [0.3, 0.4) is 0 Å². The van der Waals surface area contributed by atoms with Crippen molar-refractivity contribution in [3.8, 4) is 17.2 Å². The van der Waals surface area contributed by atoms with Crippen LogP contribution in [0.25, 0.3) is 0 Å². The van der Waals surface area contributed by atoms with Crippen LogP contribution in [-0.2, 0) is 65.6 Å². The summed E-state index contributed by atoms with van der Waals surface area (Å²) >= 11 is 5.91. The van der Waals surface area contributed by atoms with Crippen molar-refractivity contribution in [2.45, 2.75) is 125 Å². The molecule has 2 saturated heterocycles. The predicted octanol–water partition coefficient (Wildman–Crippen LogP) is 1.41. The third-order valence-corrected chi connectivity index (χ3v) is 16.9. The number of benzene rings is 4. The summed E-state index contributed by atoms with van der Waals surface area (Å²) in [6.07, 6.45) is -1.68. The highest BCUT2D eigenvalue weighted by molar-refractivity contribution is 7.99. The number of nitrogens with one attached hydrogen (secondary N) is 5. The summed E-state index contributed by atoms with van der Waals surface area (Å²) in [7, 11) is 0. The molecule has 2 fully saturated rings. The number of hydrogen-bond donors (Lipinski definition) is 12. The molecule has 2 heterocycles. The van der Waals surface area contributed by atoms with Crippen LogP contribution in [-0.4, -0.2) is 142 Å². The summed E-state index contributed by atoms with van der Waals surface area (Å²) in [6, 6.07) is 23.7. The summed E-state index contributed by atoms with van der Waals surface area (Å²) in [4.78, 5) is 155. The molecule has 0 aromatic heterocycles. The number of ketones is 2. The minimum atomic E-state index is -1.55. The number of phenolic OH excluding ortho intramolecular Hbond substituents is 1. The number of nitrogens with two attached hydrogens (primary N) is 5. The highest BCUT2D eigenvalue weighted by Gasteiger charge is 2.41. The van der Waals surface area contributed by atoms with E-state index in [4.69, 9.17) is 33.4 Å². The summed E-state index contributed by atoms with van der Waals surface area (Å²) < 4.78 is 5.96. The number of carbonyl (C=O) groups is 11. The first-order chi connectivity index (χ1) is 42.6. The first-order valence-corrected chi connectivity index (χ1v) is 30.9. The number of amides is 9. The Hall–Kier alpha value is -8.98. The van der Waals surface area contributed by atoms with Crippen LogP contribution in [0.1, 0.15) is 92.6 Å². The number of aromatic hydroxyl groups is 1. The number of ether oxygens (including phenoxy) is 1. The molecule has 0 saturated carbocycles. The van der Waals surface area contributed by atoms with E-state index in [1.54, 1.807) is 54.2 Å². The quantitative estimate of drug-likeness (QED) is 0.0134. The van der Waals surface area contributed by atoms with Gasteiger partial charge in [0.2, 0.25) is 53.2 Å². The van der Waals surface area contributed by atoms with Gasteiger partial charge in [0.1, 0.15) is 41.4 Å². The molecule has 2 aliphatic rings. The van der Waals surface area contributed by atoms with Crippen LogP contribution in [0.15, 0.2) is 114 Å². The van der Waals surface area contributed by atoms with Crippen LogP contribution < -0.4 is 60.0 Å². The first kappa shape index (κ1) is 69.1. The Labute approximate surface area is 525 Å². The van der Waals surface area contributed by atoms with E-state index in [1.807, 2.05) is 54.6 Å². The van der Waals surface area contributed by atoms with Crippen LogP contribution >= 0.6 is 24.4 Å². The number of para-hydroxylation sites is 1. The number of rotatable bonds is 35. The zero-order valence-electron chi connectivity index (χ0n) is 49.1. The zero-order valence-corrected chi connectivity index (χ0v) is 50.8. The minimum absolute atomic E-state index is 0.0301. The van der Waals surface area contributed by atoms with E-state index in [2.05, 4.69) is 44.2 Å². The normalized spacial score (nSPS) is 17.2. The largest absolute Gasteiger partial charge is 0.508 e. The summed E-state index contributed by atoms with van der Waals surface area (Å²) in [6.45, 7) is 0.200. The second kappa shape index (κ2) is 34.5. The van der Waals surface area contributed by atoms with E-state index in [-0.39, 0.29) is 87.2 Å². The molecule has 476 valence electrons. The van der Waals surface area contributed by atoms with E-state index >= 15 is 0 Å². The second-order valence-corrected chi connectivity index (χ2v) is 23.5. The molecule has 27 heteroatoms. The van der Waals surface area contributed by atoms with Gasteiger partial charge in [-0.2, -0.15) is 24.4 Å². The maximum Gasteiger partial charge on any atom is 0.246 e. The molecule has 16 N–H and O–H groups in total. The highest BCUT2D eigenvalue weighted by Crippen LogP contribution is 2.44. The van der Waals surface area contributed by atoms with Crippen molar-refractivity contribution in [3.63, 3.8) is 0 Å². The Balaban J connectivity index is 1.16. The SMILES string of the molecule is NC(=O)CCC(=O)[C@H](CCCN=C(N)N)NC(=O)C1CCCN1C(=O)[C@H](CS)NC(=O)C(CC(N)=O)CC(=O)C(CCC(N)=O)NC(=O)C(Cc1ccccc1)NC(=O)[C@H](Cc1ccc(O)cc1)NC(=O)C1CSC(c2ccc(Oc3ccccc3)cc2)C1. The molecule has 4 aromatic rings. The van der Waals surface area contributed by atoms with Gasteiger partial charge in [0.25, 0.3) is 0 Å². The average molecular weight is 1260 g/mol. The Kier molecular flexibility index (Phi) is 26.8. The van der Waals surface area contributed by atoms with Gasteiger partial charge in [-0.05, 0) is 91.6 Å². The molecule has 0 radical (unpaired) electrons. The van der Waals surface area contributed by atoms with Crippen LogP contribution in [0.4, 0.5) is 0 Å². The van der Waals surface area contributed by atoms with Crippen molar-refractivity contribution in [1.82, 2.24) is 31.5 Å². The third-order valence-electron chi connectivity index (χ3n) is 15.1. The second-order valence-electron chi connectivity index (χ2n) is 21.9. The van der Waals surface area contributed by atoms with Crippen molar-refractivity contribution in [2.24, 2.45) is 45.5 Å². The van der Waals surface area contributed by atoms with Crippen LogP contribution in [0, 0.1) is 11.8 Å². The van der Waals surface area contributed by atoms with Crippen LogP contribution in [0.5, 0.6) is 17.2 Å². The fourth-order valence-corrected chi connectivity index (χ4v) is 12.1. The fourth-order valence-electron chi connectivity index (χ4n) is 10.4. The van der Waals surface area contributed by atoms with Gasteiger partial charge in [0, 0.05) is 80.7 Å². The molecule has 4 aromatic carbocycles. The highest BCUT2D eigenvalue weighted by atomic mass is 32.2. The molecule has 0 spiro atoms. The molecule has 25 nitrogen and oxygen atoms in total. The standard InChI is InChI=1S/C62H78N12O13S2/c63-53(78)25-23-45(51(77)31-39(33-55(65)80)56(81)73-48(34-88)61(86)74-28-8-14-49(74)60(85)70-44(13-7-27-68-62(66)67)50(76)24-26-54(64)79)69-58(83)47(29-36-9-3-1-4-10-36)72-59(84)46(30-37-15-19-41(75)20-16-37)71-57(82)40-32-52(89-35-40)38-17-21-43(22-18-38)87-42-11-5-2-6-12-42/h1-6,9-12,15-22,39-40,44-49,52,75,88H,7-8,13-14,23-35H2,(H2,63,78)(H2,64,79)(H2,65,80)(H,69,83)(H,70,85)(H,71,82)(H,72,84)(H,73,81)(H4,66,67,68)/t39?,40?,44-,45?,46-,47?,48-,49?,52?/m0/s1. The van der Waals surface area contributed by atoms with Gasteiger partial charge in [-0.25, -0.2) is 0 Å². The van der Waals surface area contributed by atoms with Gasteiger partial charge in [-0.15, -0.1) is 0 Å². The molecule has 6 rings (SSSR count). The number of hydrogen-bond acceptors (Lipinski definition) is 16. The summed E-state index contributed by atoms with van der Waals surface area (Å²) in [5.74, 6) is -9.22. The Bertz CT molecular complexity index is 3160. The lowest BCUT2D eigenvalue weighted by Crippen LogP contribution is -2.57. The van der Waals surface area contributed by atoms with E-state index in [1.165, 1.54) is 17.0 Å². The monoisotopic (exact) mass is 1260 g/mol. The number of phenols is 1. The van der Waals surface area contributed by atoms with Gasteiger partial charge >= 0.3 is 0 Å². The van der Waals surface area contributed by atoms with E-state index in [0.29, 0.717) is 41.2 Å². The number of thioether (sulfide) groups is 1. The number of Topliss-reactive ketones (excluding diaryl/α,β-unsaturated/α-hetero) is 2. The number of thiol groups is 1. The maximum absolute atomic E-state index is 14.7. The molecule has 89 heavy (non-hydrogen) atoms. The zero-order chi connectivity index (χ0) is 64.6. The van der Waals surface area contributed by atoms with Gasteiger partial charge in [-0.1, -0.05) is 72.8 Å². The molecule has 9 amide bonds. The van der Waals surface area contributed by atoms with Gasteiger partial charge in [-0.3, -0.25) is 57.7 Å². The Morgan fingerprint density at radius 3 is 1.80 bits per heavy atom. The smallest absolute Gasteiger partial charge is 0.246 e. The minimum Gasteiger partial charge on any atom is -0.508 e. The number of carbonyl (C=O) groups excluding carboxylic acids is 11. The van der Waals surface area contributed by atoms with E-state index < -0.39 is 132 Å². The van der Waals surface area contributed by atoms with Crippen molar-refractivity contribution >= 4 is 95.1 Å². The summed E-state index contributed by atoms with van der Waals surface area (Å²) in [5, 5.41) is 23.6. The molecular weight excluding hydrogens is 1180 g/mol. The lowest BCUT2D eigenvalue weighted by Gasteiger charge is -2.30. The number of likely N-dealkylation sites (tertiary alicyclic amines) is 1. The molecule has 0 bridgehead atoms. The lowest BCUT2D eigenvalue weighted by atomic mass is 9.92. The maximum atomic E-state index is 14.7. The number of aliphatic imine (C=N–C) groups is 1.